The maximum atomic E-state index is 11.8. The van der Waals surface area contributed by atoms with Crippen molar-refractivity contribution < 1.29 is 23.4 Å². The van der Waals surface area contributed by atoms with Crippen LogP contribution in [0.1, 0.15) is 11.6 Å². The third kappa shape index (κ3) is 3.17. The predicted molar refractivity (Wildman–Crippen MR) is 47.6 cm³/mol. The summed E-state index contributed by atoms with van der Waals surface area (Å²) in [4.78, 5) is 10.5. The van der Waals surface area contributed by atoms with Gasteiger partial charge in [-0.25, -0.2) is 0 Å². The molecule has 0 aliphatic carbocycles. The minimum atomic E-state index is -2.90. The summed E-state index contributed by atoms with van der Waals surface area (Å²) in [6.07, 6.45) is 0. The standard InChI is InChI=1S/C9H9F2NO3/c10-9(11)15-6-3-1-5(2-4-6)7(12)8(13)14/h1-4,7,9H,12H2,(H,13,14). The van der Waals surface area contributed by atoms with Gasteiger partial charge in [0.2, 0.25) is 0 Å². The molecule has 0 aromatic heterocycles. The maximum absolute atomic E-state index is 11.8. The highest BCUT2D eigenvalue weighted by Crippen LogP contribution is 2.18. The lowest BCUT2D eigenvalue weighted by molar-refractivity contribution is -0.138. The normalized spacial score (nSPS) is 12.5. The van der Waals surface area contributed by atoms with Crippen molar-refractivity contribution in [2.75, 3.05) is 0 Å². The van der Waals surface area contributed by atoms with Crippen LogP contribution in [0, 0.1) is 0 Å². The van der Waals surface area contributed by atoms with Crippen LogP contribution in [0.5, 0.6) is 5.75 Å². The number of ether oxygens (including phenoxy) is 1. The van der Waals surface area contributed by atoms with Crippen LogP contribution in [0.25, 0.3) is 0 Å². The first-order valence-electron chi connectivity index (χ1n) is 4.04. The van der Waals surface area contributed by atoms with Crippen LogP contribution >= 0.6 is 0 Å². The summed E-state index contributed by atoms with van der Waals surface area (Å²) in [5, 5.41) is 8.57. The van der Waals surface area contributed by atoms with E-state index in [4.69, 9.17) is 10.8 Å². The van der Waals surface area contributed by atoms with Crippen molar-refractivity contribution >= 4 is 5.97 Å². The van der Waals surface area contributed by atoms with Gasteiger partial charge in [-0.1, -0.05) is 12.1 Å². The molecule has 0 aliphatic heterocycles. The molecular formula is C9H9F2NO3. The number of benzene rings is 1. The molecule has 1 atom stereocenters. The zero-order valence-electron chi connectivity index (χ0n) is 7.56. The Balaban J connectivity index is 2.76. The molecule has 0 aliphatic rings. The Morgan fingerprint density at radius 1 is 1.33 bits per heavy atom. The summed E-state index contributed by atoms with van der Waals surface area (Å²) in [6, 6.07) is 3.98. The van der Waals surface area contributed by atoms with Crippen LogP contribution < -0.4 is 10.5 Å². The number of rotatable bonds is 4. The summed E-state index contributed by atoms with van der Waals surface area (Å²) in [5.74, 6) is -1.22. The summed E-state index contributed by atoms with van der Waals surface area (Å²) in [7, 11) is 0. The molecule has 0 spiro atoms. The fourth-order valence-electron chi connectivity index (χ4n) is 0.999. The molecule has 0 saturated heterocycles. The third-order valence-corrected chi connectivity index (χ3v) is 1.73. The number of aliphatic carboxylic acids is 1. The summed E-state index contributed by atoms with van der Waals surface area (Å²) in [6.45, 7) is -2.90. The average Bonchev–Trinajstić information content (AvgIpc) is 2.17. The van der Waals surface area contributed by atoms with Gasteiger partial charge < -0.3 is 15.6 Å². The number of carboxylic acid groups (broad SMARTS) is 1. The topological polar surface area (TPSA) is 72.6 Å². The molecule has 6 heteroatoms. The van der Waals surface area contributed by atoms with Crippen LogP contribution in [-0.4, -0.2) is 17.7 Å². The van der Waals surface area contributed by atoms with Gasteiger partial charge in [0.1, 0.15) is 11.8 Å². The zero-order valence-corrected chi connectivity index (χ0v) is 7.56. The van der Waals surface area contributed by atoms with Crippen molar-refractivity contribution in [2.24, 2.45) is 5.73 Å². The molecule has 1 unspecified atom stereocenters. The Morgan fingerprint density at radius 3 is 2.27 bits per heavy atom. The highest BCUT2D eigenvalue weighted by Gasteiger charge is 2.14. The maximum Gasteiger partial charge on any atom is 0.387 e. The lowest BCUT2D eigenvalue weighted by Gasteiger charge is -2.08. The molecule has 3 N–H and O–H groups in total. The van der Waals surface area contributed by atoms with Gasteiger partial charge in [0, 0.05) is 0 Å². The van der Waals surface area contributed by atoms with E-state index in [1.54, 1.807) is 0 Å². The predicted octanol–water partition coefficient (Wildman–Crippen LogP) is 1.37. The number of carbonyl (C=O) groups is 1. The Labute approximate surface area is 84.3 Å². The molecule has 0 bridgehead atoms. The van der Waals surface area contributed by atoms with Crippen LogP contribution in [-0.2, 0) is 4.79 Å². The number of carboxylic acids is 1. The monoisotopic (exact) mass is 217 g/mol. The number of hydrogen-bond donors (Lipinski definition) is 2. The molecule has 0 fully saturated rings. The minimum absolute atomic E-state index is 0.0358. The SMILES string of the molecule is NC(C(=O)O)c1ccc(OC(F)F)cc1. The zero-order chi connectivity index (χ0) is 11.4. The van der Waals surface area contributed by atoms with Gasteiger partial charge in [-0.05, 0) is 17.7 Å². The van der Waals surface area contributed by atoms with Crippen molar-refractivity contribution in [3.05, 3.63) is 29.8 Å². The summed E-state index contributed by atoms with van der Waals surface area (Å²) in [5.41, 5.74) is 5.62. The van der Waals surface area contributed by atoms with Crippen molar-refractivity contribution in [3.8, 4) is 5.75 Å². The fraction of sp³-hybridized carbons (Fsp3) is 0.222. The summed E-state index contributed by atoms with van der Waals surface area (Å²) < 4.78 is 27.6. The molecule has 4 nitrogen and oxygen atoms in total. The molecule has 0 amide bonds. The number of halogens is 2. The lowest BCUT2D eigenvalue weighted by Crippen LogP contribution is -2.20. The Morgan fingerprint density at radius 2 is 1.87 bits per heavy atom. The van der Waals surface area contributed by atoms with Crippen molar-refractivity contribution in [1.29, 1.82) is 0 Å². The lowest BCUT2D eigenvalue weighted by atomic mass is 10.1. The molecule has 0 heterocycles. The summed E-state index contributed by atoms with van der Waals surface area (Å²) >= 11 is 0. The smallest absolute Gasteiger partial charge is 0.387 e. The Kier molecular flexibility index (Phi) is 3.56. The van der Waals surface area contributed by atoms with Gasteiger partial charge in [0.25, 0.3) is 0 Å². The van der Waals surface area contributed by atoms with E-state index in [9.17, 15) is 13.6 Å². The molecule has 0 radical (unpaired) electrons. The quantitative estimate of drug-likeness (QED) is 0.798. The molecular weight excluding hydrogens is 208 g/mol. The van der Waals surface area contributed by atoms with Crippen LogP contribution in [0.15, 0.2) is 24.3 Å². The molecule has 1 rings (SSSR count). The largest absolute Gasteiger partial charge is 0.480 e. The highest BCUT2D eigenvalue weighted by atomic mass is 19.3. The van der Waals surface area contributed by atoms with Gasteiger partial charge in [0.15, 0.2) is 0 Å². The number of nitrogens with two attached hydrogens (primary N) is 1. The van der Waals surface area contributed by atoms with E-state index in [1.807, 2.05) is 0 Å². The van der Waals surface area contributed by atoms with Crippen LogP contribution in [0.2, 0.25) is 0 Å². The van der Waals surface area contributed by atoms with E-state index in [-0.39, 0.29) is 5.75 Å². The van der Waals surface area contributed by atoms with Gasteiger partial charge >= 0.3 is 12.6 Å². The van der Waals surface area contributed by atoms with E-state index in [0.29, 0.717) is 5.56 Å². The van der Waals surface area contributed by atoms with E-state index in [2.05, 4.69) is 4.74 Å². The molecule has 15 heavy (non-hydrogen) atoms. The first-order valence-corrected chi connectivity index (χ1v) is 4.04. The van der Waals surface area contributed by atoms with Crippen molar-refractivity contribution in [1.82, 2.24) is 0 Å². The average molecular weight is 217 g/mol. The van der Waals surface area contributed by atoms with Gasteiger partial charge in [-0.15, -0.1) is 0 Å². The third-order valence-electron chi connectivity index (χ3n) is 1.73. The molecule has 1 aromatic carbocycles. The molecule has 82 valence electrons. The fourth-order valence-corrected chi connectivity index (χ4v) is 0.999. The first-order chi connectivity index (χ1) is 7.00. The molecule has 0 saturated carbocycles. The molecule has 1 aromatic rings. The second kappa shape index (κ2) is 4.70. The highest BCUT2D eigenvalue weighted by molar-refractivity contribution is 5.75. The Bertz CT molecular complexity index is 340. The van der Waals surface area contributed by atoms with Crippen molar-refractivity contribution in [3.63, 3.8) is 0 Å². The van der Waals surface area contributed by atoms with Gasteiger partial charge in [0.05, 0.1) is 0 Å². The second-order valence-corrected chi connectivity index (χ2v) is 2.76. The van der Waals surface area contributed by atoms with Gasteiger partial charge in [-0.3, -0.25) is 4.79 Å². The van der Waals surface area contributed by atoms with Gasteiger partial charge in [-0.2, -0.15) is 8.78 Å². The van der Waals surface area contributed by atoms with Crippen LogP contribution in [0.3, 0.4) is 0 Å². The van der Waals surface area contributed by atoms with Crippen LogP contribution in [0.4, 0.5) is 8.78 Å². The van der Waals surface area contributed by atoms with E-state index >= 15 is 0 Å². The van der Waals surface area contributed by atoms with E-state index in [1.165, 1.54) is 24.3 Å². The number of alkyl halides is 2. The van der Waals surface area contributed by atoms with Crippen molar-refractivity contribution in [2.45, 2.75) is 12.7 Å². The van der Waals surface area contributed by atoms with E-state index in [0.717, 1.165) is 0 Å². The minimum Gasteiger partial charge on any atom is -0.480 e. The first kappa shape index (κ1) is 11.4. The Hall–Kier alpha value is -1.69. The second-order valence-electron chi connectivity index (χ2n) is 2.76. The van der Waals surface area contributed by atoms with E-state index < -0.39 is 18.6 Å². The number of hydrogen-bond acceptors (Lipinski definition) is 3.